The van der Waals surface area contributed by atoms with E-state index in [1.165, 1.54) is 32.1 Å². The minimum Gasteiger partial charge on any atom is -0.441 e. The Morgan fingerprint density at radius 1 is 1.03 bits per heavy atom. The number of rotatable bonds is 7. The number of benzene rings is 2. The molecule has 172 valence electrons. The molecule has 2 heterocycles. The Morgan fingerprint density at radius 3 is 2.22 bits per heavy atom. The molecule has 1 saturated heterocycles. The second-order valence-electron chi connectivity index (χ2n) is 8.39. The Kier molecular flexibility index (Phi) is 7.80. The van der Waals surface area contributed by atoms with Crippen molar-refractivity contribution in [3.05, 3.63) is 60.0 Å². The molecule has 2 aromatic carbocycles. The molecule has 1 atom stereocenters. The summed E-state index contributed by atoms with van der Waals surface area (Å²) in [4.78, 5) is 7.68. The number of aromatic nitrogens is 1. The van der Waals surface area contributed by atoms with Gasteiger partial charge >= 0.3 is 0 Å². The number of likely N-dealkylation sites (tertiary alicyclic amines) is 1. The second kappa shape index (κ2) is 10.2. The molecular weight excluding hydrogens is 444 g/mol. The lowest BCUT2D eigenvalue weighted by atomic mass is 10.0. The molecular formula is C25H31ClN2O3S. The Balaban J connectivity index is 0.00000289. The van der Waals surface area contributed by atoms with Crippen molar-refractivity contribution in [2.24, 2.45) is 0 Å². The van der Waals surface area contributed by atoms with Gasteiger partial charge in [0.1, 0.15) is 5.76 Å². The summed E-state index contributed by atoms with van der Waals surface area (Å²) in [5.74, 6) is 1.54. The average Bonchev–Trinajstić information content (AvgIpc) is 3.37. The second-order valence-corrected chi connectivity index (χ2v) is 10.4. The molecule has 1 fully saturated rings. The maximum atomic E-state index is 11.6. The highest BCUT2D eigenvalue weighted by molar-refractivity contribution is 7.90. The summed E-state index contributed by atoms with van der Waals surface area (Å²) < 4.78 is 29.3. The van der Waals surface area contributed by atoms with Crippen molar-refractivity contribution in [1.82, 2.24) is 9.88 Å². The molecule has 0 saturated carbocycles. The largest absolute Gasteiger partial charge is 0.441 e. The van der Waals surface area contributed by atoms with E-state index in [-0.39, 0.29) is 12.4 Å². The van der Waals surface area contributed by atoms with Gasteiger partial charge in [-0.25, -0.2) is 13.4 Å². The van der Waals surface area contributed by atoms with Crippen molar-refractivity contribution in [2.45, 2.75) is 50.5 Å². The van der Waals surface area contributed by atoms with Crippen molar-refractivity contribution >= 4 is 22.2 Å². The van der Waals surface area contributed by atoms with Crippen molar-refractivity contribution in [1.29, 1.82) is 0 Å². The van der Waals surface area contributed by atoms with Crippen molar-refractivity contribution in [3.63, 3.8) is 0 Å². The number of nitrogens with zero attached hydrogens (tertiary/aromatic N) is 2. The zero-order valence-corrected chi connectivity index (χ0v) is 20.5. The molecule has 0 bridgehead atoms. The van der Waals surface area contributed by atoms with Crippen LogP contribution >= 0.6 is 12.4 Å². The minimum atomic E-state index is -3.19. The predicted molar refractivity (Wildman–Crippen MR) is 131 cm³/mol. The van der Waals surface area contributed by atoms with Crippen LogP contribution in [-0.2, 0) is 16.3 Å². The molecule has 4 rings (SSSR count). The summed E-state index contributed by atoms with van der Waals surface area (Å²) in [7, 11) is -3.19. The van der Waals surface area contributed by atoms with Gasteiger partial charge in [-0.3, -0.25) is 0 Å². The molecule has 0 unspecified atom stereocenters. The topological polar surface area (TPSA) is 63.4 Å². The van der Waals surface area contributed by atoms with E-state index in [2.05, 4.69) is 11.8 Å². The van der Waals surface area contributed by atoms with E-state index < -0.39 is 9.84 Å². The van der Waals surface area contributed by atoms with Gasteiger partial charge in [0.15, 0.2) is 9.84 Å². The summed E-state index contributed by atoms with van der Waals surface area (Å²) in [6, 6.07) is 15.7. The number of oxazole rings is 1. The summed E-state index contributed by atoms with van der Waals surface area (Å²) in [6.07, 6.45) is 5.95. The number of halogens is 1. The first-order valence-electron chi connectivity index (χ1n) is 11.0. The van der Waals surface area contributed by atoms with Gasteiger partial charge in [-0.05, 0) is 68.1 Å². The normalized spacial score (nSPS) is 16.8. The van der Waals surface area contributed by atoms with Crippen LogP contribution in [0.2, 0.25) is 0 Å². The molecule has 0 radical (unpaired) electrons. The van der Waals surface area contributed by atoms with E-state index in [9.17, 15) is 8.42 Å². The van der Waals surface area contributed by atoms with Gasteiger partial charge in [-0.2, -0.15) is 0 Å². The lowest BCUT2D eigenvalue weighted by Gasteiger charge is -2.22. The standard InChI is InChI=1S/C25H30N2O3S.ClH/c1-4-22-6-5-16-27(22)17-15-24-18(2)30-25(26-24)21-9-7-19(8-10-21)20-11-13-23(14-12-20)31(3,28)29;/h7-14,22H,4-6,15-17H2,1-3H3;1H/t22-;/m1./s1. The molecule has 7 heteroatoms. The maximum absolute atomic E-state index is 11.6. The van der Waals surface area contributed by atoms with Crippen molar-refractivity contribution < 1.29 is 12.8 Å². The fourth-order valence-corrected chi connectivity index (χ4v) is 5.02. The van der Waals surface area contributed by atoms with Crippen LogP contribution in [0.3, 0.4) is 0 Å². The molecule has 1 aliphatic heterocycles. The summed E-state index contributed by atoms with van der Waals surface area (Å²) in [5, 5.41) is 0. The third-order valence-electron chi connectivity index (χ3n) is 6.25. The van der Waals surface area contributed by atoms with Crippen LogP contribution in [0.1, 0.15) is 37.6 Å². The van der Waals surface area contributed by atoms with Crippen LogP contribution in [0.15, 0.2) is 57.8 Å². The lowest BCUT2D eigenvalue weighted by molar-refractivity contribution is 0.250. The van der Waals surface area contributed by atoms with Crippen LogP contribution in [0.5, 0.6) is 0 Å². The van der Waals surface area contributed by atoms with Crippen LogP contribution in [0.4, 0.5) is 0 Å². The third-order valence-corrected chi connectivity index (χ3v) is 7.37. The molecule has 1 aliphatic rings. The van der Waals surface area contributed by atoms with E-state index in [0.29, 0.717) is 16.8 Å². The SMILES string of the molecule is CC[C@@H]1CCCN1CCc1nc(-c2ccc(-c3ccc(S(C)(=O)=O)cc3)cc2)oc1C.Cl. The highest BCUT2D eigenvalue weighted by Crippen LogP contribution is 2.27. The molecule has 0 N–H and O–H groups in total. The maximum Gasteiger partial charge on any atom is 0.226 e. The average molecular weight is 475 g/mol. The Morgan fingerprint density at radius 2 is 1.62 bits per heavy atom. The van der Waals surface area contributed by atoms with E-state index >= 15 is 0 Å². The Labute approximate surface area is 197 Å². The summed E-state index contributed by atoms with van der Waals surface area (Å²) in [6.45, 7) is 6.49. The van der Waals surface area contributed by atoms with Crippen LogP contribution < -0.4 is 0 Å². The molecule has 1 aromatic heterocycles. The number of aryl methyl sites for hydroxylation is 1. The van der Waals surface area contributed by atoms with Gasteiger partial charge in [0.2, 0.25) is 5.89 Å². The van der Waals surface area contributed by atoms with Gasteiger partial charge in [0, 0.05) is 30.8 Å². The van der Waals surface area contributed by atoms with E-state index in [1.807, 2.05) is 43.3 Å². The highest BCUT2D eigenvalue weighted by Gasteiger charge is 2.23. The number of sulfone groups is 1. The highest BCUT2D eigenvalue weighted by atomic mass is 35.5. The first-order valence-corrected chi connectivity index (χ1v) is 12.9. The quantitative estimate of drug-likeness (QED) is 0.448. The molecule has 0 amide bonds. The van der Waals surface area contributed by atoms with E-state index in [1.54, 1.807) is 12.1 Å². The van der Waals surface area contributed by atoms with Crippen molar-refractivity contribution in [3.8, 4) is 22.6 Å². The summed E-state index contributed by atoms with van der Waals surface area (Å²) in [5.41, 5.74) is 3.97. The molecule has 3 aromatic rings. The van der Waals surface area contributed by atoms with E-state index in [0.717, 1.165) is 41.1 Å². The molecule has 5 nitrogen and oxygen atoms in total. The molecule has 0 spiro atoms. The number of hydrogen-bond acceptors (Lipinski definition) is 5. The first-order chi connectivity index (χ1) is 14.8. The third kappa shape index (κ3) is 5.42. The van der Waals surface area contributed by atoms with E-state index in [4.69, 9.17) is 9.40 Å². The smallest absolute Gasteiger partial charge is 0.226 e. The predicted octanol–water partition coefficient (Wildman–Crippen LogP) is 5.56. The lowest BCUT2D eigenvalue weighted by Crippen LogP contribution is -2.30. The number of hydrogen-bond donors (Lipinski definition) is 0. The zero-order chi connectivity index (χ0) is 22.0. The fraction of sp³-hybridized carbons (Fsp3) is 0.400. The summed E-state index contributed by atoms with van der Waals surface area (Å²) >= 11 is 0. The van der Waals surface area contributed by atoms with Crippen LogP contribution in [-0.4, -0.2) is 43.7 Å². The monoisotopic (exact) mass is 474 g/mol. The molecule has 32 heavy (non-hydrogen) atoms. The van der Waals surface area contributed by atoms with Gasteiger partial charge in [-0.1, -0.05) is 31.2 Å². The van der Waals surface area contributed by atoms with Gasteiger partial charge in [0.25, 0.3) is 0 Å². The van der Waals surface area contributed by atoms with Crippen LogP contribution in [0.25, 0.3) is 22.6 Å². The van der Waals surface area contributed by atoms with Gasteiger partial charge < -0.3 is 9.32 Å². The van der Waals surface area contributed by atoms with Crippen LogP contribution in [0, 0.1) is 6.92 Å². The van der Waals surface area contributed by atoms with Gasteiger partial charge in [0.05, 0.1) is 10.6 Å². The zero-order valence-electron chi connectivity index (χ0n) is 18.9. The fourth-order valence-electron chi connectivity index (χ4n) is 4.38. The van der Waals surface area contributed by atoms with Gasteiger partial charge in [-0.15, -0.1) is 12.4 Å². The van der Waals surface area contributed by atoms with Crippen molar-refractivity contribution in [2.75, 3.05) is 19.3 Å². The minimum absolute atomic E-state index is 0. The Bertz CT molecular complexity index is 1140. The first kappa shape index (κ1) is 24.5. The Hall–Kier alpha value is -2.15. The molecule has 0 aliphatic carbocycles.